The highest BCUT2D eigenvalue weighted by Crippen LogP contribution is 2.34. The van der Waals surface area contributed by atoms with Crippen molar-refractivity contribution < 1.29 is 9.18 Å². The first-order chi connectivity index (χ1) is 10.6. The molecule has 0 saturated carbocycles. The van der Waals surface area contributed by atoms with Gasteiger partial charge in [-0.15, -0.1) is 11.3 Å². The number of hydrogen-bond acceptors (Lipinski definition) is 5. The van der Waals surface area contributed by atoms with E-state index in [2.05, 4.69) is 15.3 Å². The molecule has 0 aromatic carbocycles. The lowest BCUT2D eigenvalue weighted by Crippen LogP contribution is -2.50. The number of carbonyl (C=O) groups excluding carboxylic acids is 1. The summed E-state index contributed by atoms with van der Waals surface area (Å²) in [7, 11) is 0. The topological polar surface area (TPSA) is 80.9 Å². The first kappa shape index (κ1) is 17.5. The Balaban J connectivity index is 2.09. The van der Waals surface area contributed by atoms with E-state index in [4.69, 9.17) is 5.73 Å². The molecule has 23 heavy (non-hydrogen) atoms. The van der Waals surface area contributed by atoms with Crippen molar-refractivity contribution >= 4 is 17.2 Å². The van der Waals surface area contributed by atoms with Gasteiger partial charge in [-0.25, -0.2) is 9.37 Å². The van der Waals surface area contributed by atoms with Gasteiger partial charge in [-0.1, -0.05) is 13.8 Å². The lowest BCUT2D eigenvalue weighted by atomic mass is 9.76. The highest BCUT2D eigenvalue weighted by Gasteiger charge is 2.38. The number of rotatable bonds is 5. The average Bonchev–Trinajstić information content (AvgIpc) is 2.95. The maximum absolute atomic E-state index is 13.5. The fourth-order valence-corrected chi connectivity index (χ4v) is 2.84. The van der Waals surface area contributed by atoms with Gasteiger partial charge >= 0.3 is 0 Å². The van der Waals surface area contributed by atoms with Crippen LogP contribution in [0.15, 0.2) is 23.7 Å². The SMILES string of the molecule is CC(C)(N)C(C)(C)c1nc(C(=O)NCc2ncccc2F)cs1. The summed E-state index contributed by atoms with van der Waals surface area (Å²) in [6, 6.07) is 2.81. The second kappa shape index (κ2) is 6.33. The van der Waals surface area contributed by atoms with Crippen LogP contribution in [0.5, 0.6) is 0 Å². The van der Waals surface area contributed by atoms with Crippen molar-refractivity contribution in [2.45, 2.75) is 45.2 Å². The van der Waals surface area contributed by atoms with E-state index in [0.29, 0.717) is 5.69 Å². The van der Waals surface area contributed by atoms with Gasteiger partial charge in [0.25, 0.3) is 5.91 Å². The largest absolute Gasteiger partial charge is 0.345 e. The summed E-state index contributed by atoms with van der Waals surface area (Å²) in [4.78, 5) is 20.5. The van der Waals surface area contributed by atoms with Crippen LogP contribution in [0.1, 0.15) is 48.9 Å². The van der Waals surface area contributed by atoms with E-state index in [1.165, 1.54) is 29.7 Å². The molecule has 0 aliphatic carbocycles. The van der Waals surface area contributed by atoms with Gasteiger partial charge < -0.3 is 11.1 Å². The van der Waals surface area contributed by atoms with Crippen molar-refractivity contribution in [3.63, 3.8) is 0 Å². The molecule has 124 valence electrons. The molecule has 0 fully saturated rings. The Morgan fingerprint density at radius 1 is 1.39 bits per heavy atom. The van der Waals surface area contributed by atoms with Crippen LogP contribution in [0, 0.1) is 5.82 Å². The van der Waals surface area contributed by atoms with Gasteiger partial charge in [0.2, 0.25) is 0 Å². The standard InChI is InChI=1S/C16H21FN4OS/c1-15(2,16(3,4)18)14-21-12(9-23-14)13(22)20-8-11-10(17)6-5-7-19-11/h5-7,9H,8,18H2,1-4H3,(H,20,22). The Kier molecular flexibility index (Phi) is 4.81. The molecular formula is C16H21FN4OS. The molecule has 7 heteroatoms. The van der Waals surface area contributed by atoms with E-state index in [9.17, 15) is 9.18 Å². The monoisotopic (exact) mass is 336 g/mol. The molecule has 0 aliphatic rings. The molecule has 1 amide bonds. The number of aromatic nitrogens is 2. The maximum atomic E-state index is 13.5. The number of pyridine rings is 1. The predicted octanol–water partition coefficient (Wildman–Crippen LogP) is 2.62. The summed E-state index contributed by atoms with van der Waals surface area (Å²) in [6.07, 6.45) is 1.48. The molecule has 2 rings (SSSR count). The molecule has 3 N–H and O–H groups in total. The second-order valence-corrected chi connectivity index (χ2v) is 7.36. The summed E-state index contributed by atoms with van der Waals surface area (Å²) in [5, 5.41) is 5.11. The fraction of sp³-hybridized carbons (Fsp3) is 0.438. The molecular weight excluding hydrogens is 315 g/mol. The lowest BCUT2D eigenvalue weighted by Gasteiger charge is -2.36. The van der Waals surface area contributed by atoms with Gasteiger partial charge in [0.15, 0.2) is 0 Å². The molecule has 2 heterocycles. The minimum Gasteiger partial charge on any atom is -0.345 e. The van der Waals surface area contributed by atoms with Crippen molar-refractivity contribution in [3.8, 4) is 0 Å². The summed E-state index contributed by atoms with van der Waals surface area (Å²) in [5.41, 5.74) is 5.85. The van der Waals surface area contributed by atoms with Crippen LogP contribution in [-0.4, -0.2) is 21.4 Å². The van der Waals surface area contributed by atoms with Gasteiger partial charge in [0.05, 0.1) is 12.2 Å². The van der Waals surface area contributed by atoms with E-state index in [-0.39, 0.29) is 23.6 Å². The molecule has 2 aromatic rings. The molecule has 0 atom stereocenters. The minimum absolute atomic E-state index is 0.0180. The molecule has 0 aliphatic heterocycles. The highest BCUT2D eigenvalue weighted by atomic mass is 32.1. The summed E-state index contributed by atoms with van der Waals surface area (Å²) >= 11 is 1.39. The second-order valence-electron chi connectivity index (χ2n) is 6.50. The normalized spacial score (nSPS) is 12.3. The third kappa shape index (κ3) is 3.73. The van der Waals surface area contributed by atoms with Crippen molar-refractivity contribution in [1.82, 2.24) is 15.3 Å². The summed E-state index contributed by atoms with van der Waals surface area (Å²) in [5.74, 6) is -0.805. The third-order valence-electron chi connectivity index (χ3n) is 4.13. The van der Waals surface area contributed by atoms with Crippen LogP contribution in [0.4, 0.5) is 4.39 Å². The fourth-order valence-electron chi connectivity index (χ4n) is 1.74. The van der Waals surface area contributed by atoms with E-state index >= 15 is 0 Å². The van der Waals surface area contributed by atoms with Crippen molar-refractivity contribution in [1.29, 1.82) is 0 Å². The number of nitrogens with zero attached hydrogens (tertiary/aromatic N) is 2. The highest BCUT2D eigenvalue weighted by molar-refractivity contribution is 7.10. The quantitative estimate of drug-likeness (QED) is 0.879. The maximum Gasteiger partial charge on any atom is 0.271 e. The van der Waals surface area contributed by atoms with E-state index in [1.807, 2.05) is 27.7 Å². The smallest absolute Gasteiger partial charge is 0.271 e. The number of halogens is 1. The van der Waals surface area contributed by atoms with Crippen LogP contribution in [0.25, 0.3) is 0 Å². The van der Waals surface area contributed by atoms with Crippen molar-refractivity contribution in [2.24, 2.45) is 5.73 Å². The van der Waals surface area contributed by atoms with Gasteiger partial charge in [-0.05, 0) is 26.0 Å². The van der Waals surface area contributed by atoms with Crippen LogP contribution >= 0.6 is 11.3 Å². The Labute approximate surface area is 139 Å². The van der Waals surface area contributed by atoms with E-state index in [1.54, 1.807) is 5.38 Å². The van der Waals surface area contributed by atoms with E-state index in [0.717, 1.165) is 5.01 Å². The molecule has 0 bridgehead atoms. The minimum atomic E-state index is -0.477. The number of hydrogen-bond donors (Lipinski definition) is 2. The number of carbonyl (C=O) groups is 1. The van der Waals surface area contributed by atoms with Gasteiger partial charge in [0.1, 0.15) is 16.5 Å². The van der Waals surface area contributed by atoms with Gasteiger partial charge in [-0.2, -0.15) is 0 Å². The van der Waals surface area contributed by atoms with Crippen molar-refractivity contribution in [2.75, 3.05) is 0 Å². The summed E-state index contributed by atoms with van der Waals surface area (Å²) < 4.78 is 13.5. The van der Waals surface area contributed by atoms with Gasteiger partial charge in [0, 0.05) is 22.5 Å². The third-order valence-corrected chi connectivity index (χ3v) is 5.30. The van der Waals surface area contributed by atoms with E-state index < -0.39 is 11.4 Å². The molecule has 0 radical (unpaired) electrons. The Bertz CT molecular complexity index is 706. The predicted molar refractivity (Wildman–Crippen MR) is 88.8 cm³/mol. The van der Waals surface area contributed by atoms with Crippen LogP contribution in [0.2, 0.25) is 0 Å². The Morgan fingerprint density at radius 3 is 2.70 bits per heavy atom. The van der Waals surface area contributed by atoms with Crippen LogP contribution < -0.4 is 11.1 Å². The Morgan fingerprint density at radius 2 is 2.09 bits per heavy atom. The Hall–Kier alpha value is -1.86. The first-order valence-electron chi connectivity index (χ1n) is 7.25. The number of nitrogens with two attached hydrogens (primary N) is 1. The van der Waals surface area contributed by atoms with Crippen molar-refractivity contribution in [3.05, 3.63) is 45.9 Å². The summed E-state index contributed by atoms with van der Waals surface area (Å²) in [6.45, 7) is 7.87. The zero-order valence-corrected chi connectivity index (χ0v) is 14.5. The molecule has 0 unspecified atom stereocenters. The first-order valence-corrected chi connectivity index (χ1v) is 8.13. The average molecular weight is 336 g/mol. The molecule has 2 aromatic heterocycles. The number of amides is 1. The molecule has 0 spiro atoms. The van der Waals surface area contributed by atoms with Crippen LogP contribution in [-0.2, 0) is 12.0 Å². The molecule has 0 saturated heterocycles. The van der Waals surface area contributed by atoms with Gasteiger partial charge in [-0.3, -0.25) is 9.78 Å². The zero-order chi connectivity index (χ0) is 17.3. The number of nitrogens with one attached hydrogen (secondary N) is 1. The molecule has 5 nitrogen and oxygen atoms in total. The zero-order valence-electron chi connectivity index (χ0n) is 13.7. The number of thiazole rings is 1. The lowest BCUT2D eigenvalue weighted by molar-refractivity contribution is 0.0945. The van der Waals surface area contributed by atoms with Crippen LogP contribution in [0.3, 0.4) is 0 Å².